The number of nitrogens with one attached hydrogen (secondary N) is 1. The Morgan fingerprint density at radius 2 is 1.91 bits per heavy atom. The summed E-state index contributed by atoms with van der Waals surface area (Å²) >= 11 is 0. The number of rotatable bonds is 1. The molecule has 0 bridgehead atoms. The summed E-state index contributed by atoms with van der Waals surface area (Å²) in [6.07, 6.45) is 7.76. The SMILES string of the molecule is CNC1CCCCCC(N)C1. The zero-order valence-corrected chi connectivity index (χ0v) is 7.47. The maximum absolute atomic E-state index is 5.93. The minimum atomic E-state index is 0.438. The second-order valence-electron chi connectivity index (χ2n) is 3.62. The van der Waals surface area contributed by atoms with E-state index in [0.29, 0.717) is 12.1 Å². The molecule has 2 atom stereocenters. The molecule has 0 aromatic carbocycles. The van der Waals surface area contributed by atoms with Crippen molar-refractivity contribution in [1.82, 2.24) is 5.32 Å². The Morgan fingerprint density at radius 1 is 1.18 bits per heavy atom. The Balaban J connectivity index is 2.29. The van der Waals surface area contributed by atoms with E-state index in [-0.39, 0.29) is 0 Å². The van der Waals surface area contributed by atoms with Gasteiger partial charge in [-0.3, -0.25) is 0 Å². The number of hydrogen-bond acceptors (Lipinski definition) is 2. The summed E-state index contributed by atoms with van der Waals surface area (Å²) in [5, 5.41) is 3.32. The van der Waals surface area contributed by atoms with Crippen LogP contribution in [0.2, 0.25) is 0 Å². The highest BCUT2D eigenvalue weighted by atomic mass is 14.9. The Bertz CT molecular complexity index is 104. The molecule has 66 valence electrons. The van der Waals surface area contributed by atoms with Gasteiger partial charge in [-0.1, -0.05) is 19.3 Å². The second kappa shape index (κ2) is 4.73. The standard InChI is InChI=1S/C9H20N2/c1-11-9-6-4-2-3-5-8(10)7-9/h8-9,11H,2-7,10H2,1H3. The quantitative estimate of drug-likeness (QED) is 0.599. The molecule has 0 saturated heterocycles. The first-order chi connectivity index (χ1) is 5.33. The van der Waals surface area contributed by atoms with E-state index in [1.54, 1.807) is 0 Å². The molecule has 11 heavy (non-hydrogen) atoms. The molecule has 0 aromatic rings. The first kappa shape index (κ1) is 9.01. The van der Waals surface area contributed by atoms with E-state index < -0.39 is 0 Å². The lowest BCUT2D eigenvalue weighted by Crippen LogP contribution is -2.34. The molecule has 2 unspecified atom stereocenters. The van der Waals surface area contributed by atoms with Gasteiger partial charge in [-0.2, -0.15) is 0 Å². The van der Waals surface area contributed by atoms with Crippen LogP contribution in [0.4, 0.5) is 0 Å². The van der Waals surface area contributed by atoms with Gasteiger partial charge >= 0.3 is 0 Å². The molecule has 1 aliphatic rings. The molecule has 2 heteroatoms. The molecule has 1 saturated carbocycles. The Labute approximate surface area is 69.5 Å². The fourth-order valence-electron chi connectivity index (χ4n) is 1.84. The van der Waals surface area contributed by atoms with Crippen LogP contribution in [0.5, 0.6) is 0 Å². The normalized spacial score (nSPS) is 34.4. The number of hydrogen-bond donors (Lipinski definition) is 2. The van der Waals surface area contributed by atoms with E-state index in [2.05, 4.69) is 5.32 Å². The molecule has 0 radical (unpaired) electrons. The van der Waals surface area contributed by atoms with E-state index in [0.717, 1.165) is 6.42 Å². The second-order valence-corrected chi connectivity index (χ2v) is 3.62. The summed E-state index contributed by atoms with van der Waals surface area (Å²) < 4.78 is 0. The van der Waals surface area contributed by atoms with Crippen molar-refractivity contribution in [3.05, 3.63) is 0 Å². The van der Waals surface area contributed by atoms with E-state index in [1.807, 2.05) is 7.05 Å². The van der Waals surface area contributed by atoms with E-state index in [9.17, 15) is 0 Å². The van der Waals surface area contributed by atoms with E-state index in [1.165, 1.54) is 32.1 Å². The highest BCUT2D eigenvalue weighted by molar-refractivity contribution is 4.75. The van der Waals surface area contributed by atoms with Crippen LogP contribution in [0.3, 0.4) is 0 Å². The van der Waals surface area contributed by atoms with Crippen LogP contribution >= 0.6 is 0 Å². The van der Waals surface area contributed by atoms with E-state index in [4.69, 9.17) is 5.73 Å². The predicted octanol–water partition coefficient (Wildman–Crippen LogP) is 1.26. The summed E-state index contributed by atoms with van der Waals surface area (Å²) in [7, 11) is 2.04. The van der Waals surface area contributed by atoms with Gasteiger partial charge in [0.2, 0.25) is 0 Å². The van der Waals surface area contributed by atoms with Crippen molar-refractivity contribution in [2.75, 3.05) is 7.05 Å². The van der Waals surface area contributed by atoms with Crippen LogP contribution < -0.4 is 11.1 Å². The molecule has 0 amide bonds. The van der Waals surface area contributed by atoms with Gasteiger partial charge in [-0.05, 0) is 26.3 Å². The predicted molar refractivity (Wildman–Crippen MR) is 48.5 cm³/mol. The highest BCUT2D eigenvalue weighted by Gasteiger charge is 2.13. The van der Waals surface area contributed by atoms with Gasteiger partial charge < -0.3 is 11.1 Å². The van der Waals surface area contributed by atoms with Crippen LogP contribution in [-0.4, -0.2) is 19.1 Å². The summed E-state index contributed by atoms with van der Waals surface area (Å²) in [4.78, 5) is 0. The maximum Gasteiger partial charge on any atom is 0.00787 e. The van der Waals surface area contributed by atoms with Gasteiger partial charge in [-0.15, -0.1) is 0 Å². The summed E-state index contributed by atoms with van der Waals surface area (Å²) in [6.45, 7) is 0. The van der Waals surface area contributed by atoms with Gasteiger partial charge in [0.15, 0.2) is 0 Å². The molecule has 1 fully saturated rings. The molecular formula is C9H20N2. The first-order valence-corrected chi connectivity index (χ1v) is 4.76. The molecule has 3 N–H and O–H groups in total. The van der Waals surface area contributed by atoms with E-state index >= 15 is 0 Å². The van der Waals surface area contributed by atoms with Crippen molar-refractivity contribution >= 4 is 0 Å². The van der Waals surface area contributed by atoms with Gasteiger partial charge in [0, 0.05) is 12.1 Å². The Kier molecular flexibility index (Phi) is 3.87. The maximum atomic E-state index is 5.93. The Hall–Kier alpha value is -0.0800. The lowest BCUT2D eigenvalue weighted by Gasteiger charge is -2.23. The van der Waals surface area contributed by atoms with Crippen LogP contribution in [0, 0.1) is 0 Å². The van der Waals surface area contributed by atoms with Gasteiger partial charge in [0.05, 0.1) is 0 Å². The third kappa shape index (κ3) is 3.21. The van der Waals surface area contributed by atoms with Crippen molar-refractivity contribution in [1.29, 1.82) is 0 Å². The summed E-state index contributed by atoms with van der Waals surface area (Å²) in [5.41, 5.74) is 5.93. The topological polar surface area (TPSA) is 38.0 Å². The molecular weight excluding hydrogens is 136 g/mol. The van der Waals surface area contributed by atoms with Gasteiger partial charge in [0.1, 0.15) is 0 Å². The zero-order valence-electron chi connectivity index (χ0n) is 7.47. The number of nitrogens with two attached hydrogens (primary N) is 1. The fourth-order valence-corrected chi connectivity index (χ4v) is 1.84. The third-order valence-electron chi connectivity index (χ3n) is 2.62. The smallest absolute Gasteiger partial charge is 0.00787 e. The fraction of sp³-hybridized carbons (Fsp3) is 1.00. The van der Waals surface area contributed by atoms with Crippen LogP contribution in [0.25, 0.3) is 0 Å². The molecule has 1 aliphatic carbocycles. The van der Waals surface area contributed by atoms with Crippen molar-refractivity contribution in [2.24, 2.45) is 5.73 Å². The van der Waals surface area contributed by atoms with Crippen molar-refractivity contribution in [2.45, 2.75) is 50.6 Å². The minimum absolute atomic E-state index is 0.438. The van der Waals surface area contributed by atoms with Gasteiger partial charge in [0.25, 0.3) is 0 Å². The van der Waals surface area contributed by atoms with Gasteiger partial charge in [-0.25, -0.2) is 0 Å². The van der Waals surface area contributed by atoms with Crippen molar-refractivity contribution in [3.8, 4) is 0 Å². The Morgan fingerprint density at radius 3 is 2.64 bits per heavy atom. The molecule has 0 aliphatic heterocycles. The summed E-state index contributed by atoms with van der Waals surface area (Å²) in [6, 6.07) is 1.11. The van der Waals surface area contributed by atoms with Crippen LogP contribution in [-0.2, 0) is 0 Å². The average Bonchev–Trinajstić information content (AvgIpc) is 1.96. The average molecular weight is 156 g/mol. The molecule has 0 spiro atoms. The lowest BCUT2D eigenvalue weighted by molar-refractivity contribution is 0.377. The van der Waals surface area contributed by atoms with Crippen molar-refractivity contribution in [3.63, 3.8) is 0 Å². The third-order valence-corrected chi connectivity index (χ3v) is 2.62. The van der Waals surface area contributed by atoms with Crippen LogP contribution in [0.1, 0.15) is 38.5 Å². The largest absolute Gasteiger partial charge is 0.328 e. The molecule has 2 nitrogen and oxygen atoms in total. The molecule has 0 aromatic heterocycles. The van der Waals surface area contributed by atoms with Crippen LogP contribution in [0.15, 0.2) is 0 Å². The zero-order chi connectivity index (χ0) is 8.10. The highest BCUT2D eigenvalue weighted by Crippen LogP contribution is 2.15. The lowest BCUT2D eigenvalue weighted by atomic mass is 9.94. The first-order valence-electron chi connectivity index (χ1n) is 4.76. The summed E-state index contributed by atoms with van der Waals surface area (Å²) in [5.74, 6) is 0. The minimum Gasteiger partial charge on any atom is -0.328 e. The van der Waals surface area contributed by atoms with Crippen molar-refractivity contribution < 1.29 is 0 Å². The molecule has 1 rings (SSSR count). The molecule has 0 heterocycles. The monoisotopic (exact) mass is 156 g/mol.